The lowest BCUT2D eigenvalue weighted by Crippen LogP contribution is -2.22. The molecule has 0 saturated heterocycles. The molecule has 1 saturated carbocycles. The van der Waals surface area contributed by atoms with Gasteiger partial charge in [0.2, 0.25) is 0 Å². The lowest BCUT2D eigenvalue weighted by Gasteiger charge is -2.27. The zero-order chi connectivity index (χ0) is 8.97. The summed E-state index contributed by atoms with van der Waals surface area (Å²) in [4.78, 5) is 0. The van der Waals surface area contributed by atoms with Crippen molar-refractivity contribution in [3.8, 4) is 0 Å². The van der Waals surface area contributed by atoms with Gasteiger partial charge in [0.05, 0.1) is 17.5 Å². The van der Waals surface area contributed by atoms with Gasteiger partial charge in [-0.2, -0.15) is 0 Å². The molecule has 0 N–H and O–H groups in total. The van der Waals surface area contributed by atoms with Gasteiger partial charge in [-0.25, -0.2) is 4.21 Å². The second kappa shape index (κ2) is 4.94. The highest BCUT2D eigenvalue weighted by molar-refractivity contribution is 7.74. The van der Waals surface area contributed by atoms with Crippen molar-refractivity contribution in [3.63, 3.8) is 0 Å². The predicted molar refractivity (Wildman–Crippen MR) is 46.0 cm³/mol. The Morgan fingerprint density at radius 1 is 1.42 bits per heavy atom. The Hall–Kier alpha value is 0.0700. The van der Waals surface area contributed by atoms with Gasteiger partial charge in [-0.05, 0) is 31.6 Å². The van der Waals surface area contributed by atoms with Gasteiger partial charge in [0, 0.05) is 0 Å². The summed E-state index contributed by atoms with van der Waals surface area (Å²) in [6.45, 7) is 2.18. The molecule has 1 aliphatic carbocycles. The molecule has 1 atom stereocenters. The molecule has 1 rings (SSSR count). The molecule has 1 fully saturated rings. The first-order valence-electron chi connectivity index (χ1n) is 4.48. The topological polar surface area (TPSA) is 49.4 Å². The molecule has 0 bridgehead atoms. The van der Waals surface area contributed by atoms with Crippen LogP contribution in [0, 0.1) is 5.92 Å². The van der Waals surface area contributed by atoms with Crippen molar-refractivity contribution in [2.75, 3.05) is 0 Å². The molecular formula is C8H15O3S-. The molecular weight excluding hydrogens is 176 g/mol. The third kappa shape index (κ3) is 3.21. The van der Waals surface area contributed by atoms with E-state index in [9.17, 15) is 8.76 Å². The van der Waals surface area contributed by atoms with Crippen LogP contribution in [0.15, 0.2) is 0 Å². The molecule has 12 heavy (non-hydrogen) atoms. The highest BCUT2D eigenvalue weighted by Gasteiger charge is 2.20. The Bertz CT molecular complexity index is 152. The van der Waals surface area contributed by atoms with Gasteiger partial charge in [-0.15, -0.1) is 0 Å². The molecule has 72 valence electrons. The summed E-state index contributed by atoms with van der Waals surface area (Å²) < 4.78 is 25.1. The number of rotatable bonds is 3. The fourth-order valence-corrected chi connectivity index (χ4v) is 2.16. The van der Waals surface area contributed by atoms with Crippen LogP contribution in [0.5, 0.6) is 0 Å². The van der Waals surface area contributed by atoms with Crippen LogP contribution < -0.4 is 0 Å². The molecule has 4 heteroatoms. The van der Waals surface area contributed by atoms with Gasteiger partial charge in [0.1, 0.15) is 0 Å². The molecule has 1 aliphatic rings. The van der Waals surface area contributed by atoms with E-state index in [-0.39, 0.29) is 6.10 Å². The molecule has 0 aromatic rings. The lowest BCUT2D eigenvalue weighted by molar-refractivity contribution is 0.132. The van der Waals surface area contributed by atoms with Crippen LogP contribution in [0.4, 0.5) is 0 Å². The summed E-state index contributed by atoms with van der Waals surface area (Å²) in [5, 5.41) is 0. The SMILES string of the molecule is CCC1CCC(OS(=O)[O-])CC1. The maximum absolute atomic E-state index is 10.2. The molecule has 1 unspecified atom stereocenters. The highest BCUT2D eigenvalue weighted by atomic mass is 32.2. The smallest absolute Gasteiger partial charge is 0.0844 e. The van der Waals surface area contributed by atoms with Crippen LogP contribution in [0.3, 0.4) is 0 Å². The molecule has 3 nitrogen and oxygen atoms in total. The van der Waals surface area contributed by atoms with Gasteiger partial charge in [0.25, 0.3) is 0 Å². The lowest BCUT2D eigenvalue weighted by atomic mass is 9.86. The predicted octanol–water partition coefficient (Wildman–Crippen LogP) is 1.77. The van der Waals surface area contributed by atoms with Crippen LogP contribution in [-0.2, 0) is 15.5 Å². The van der Waals surface area contributed by atoms with E-state index in [2.05, 4.69) is 6.92 Å². The summed E-state index contributed by atoms with van der Waals surface area (Å²) in [6, 6.07) is 0. The Kier molecular flexibility index (Phi) is 4.18. The molecule has 0 aromatic heterocycles. The third-order valence-corrected chi connectivity index (χ3v) is 3.02. The first-order chi connectivity index (χ1) is 5.72. The Morgan fingerprint density at radius 2 is 2.00 bits per heavy atom. The van der Waals surface area contributed by atoms with E-state index >= 15 is 0 Å². The van der Waals surface area contributed by atoms with E-state index in [0.29, 0.717) is 0 Å². The van der Waals surface area contributed by atoms with Crippen molar-refractivity contribution in [2.45, 2.75) is 45.1 Å². The summed E-state index contributed by atoms with van der Waals surface area (Å²) in [7, 11) is 0. The summed E-state index contributed by atoms with van der Waals surface area (Å²) >= 11 is -2.33. The van der Waals surface area contributed by atoms with Crippen molar-refractivity contribution in [1.82, 2.24) is 0 Å². The quantitative estimate of drug-likeness (QED) is 0.639. The van der Waals surface area contributed by atoms with Gasteiger partial charge in [-0.1, -0.05) is 13.3 Å². The zero-order valence-corrected chi connectivity index (χ0v) is 8.14. The number of hydrogen-bond donors (Lipinski definition) is 0. The summed E-state index contributed by atoms with van der Waals surface area (Å²) in [5.74, 6) is 0.782. The van der Waals surface area contributed by atoms with E-state index < -0.39 is 11.4 Å². The maximum Gasteiger partial charge on any atom is 0.0844 e. The van der Waals surface area contributed by atoms with Crippen molar-refractivity contribution in [1.29, 1.82) is 0 Å². The molecule has 0 spiro atoms. The van der Waals surface area contributed by atoms with E-state index in [1.54, 1.807) is 0 Å². The summed E-state index contributed by atoms with van der Waals surface area (Å²) in [5.41, 5.74) is 0. The summed E-state index contributed by atoms with van der Waals surface area (Å²) in [6.07, 6.45) is 5.16. The van der Waals surface area contributed by atoms with Gasteiger partial charge < -0.3 is 4.55 Å². The Morgan fingerprint density at radius 3 is 2.42 bits per heavy atom. The van der Waals surface area contributed by atoms with Crippen LogP contribution >= 0.6 is 0 Å². The van der Waals surface area contributed by atoms with Crippen LogP contribution in [-0.4, -0.2) is 14.9 Å². The van der Waals surface area contributed by atoms with Crippen LogP contribution in [0.1, 0.15) is 39.0 Å². The van der Waals surface area contributed by atoms with E-state index in [0.717, 1.165) is 31.6 Å². The first kappa shape index (κ1) is 10.2. The second-order valence-electron chi connectivity index (χ2n) is 3.35. The van der Waals surface area contributed by atoms with Gasteiger partial charge in [-0.3, -0.25) is 4.18 Å². The Labute approximate surface area is 76.0 Å². The highest BCUT2D eigenvalue weighted by Crippen LogP contribution is 2.28. The van der Waals surface area contributed by atoms with Crippen molar-refractivity contribution < 1.29 is 12.9 Å². The fourth-order valence-electron chi connectivity index (χ4n) is 1.75. The third-order valence-electron chi connectivity index (χ3n) is 2.59. The van der Waals surface area contributed by atoms with Crippen molar-refractivity contribution >= 4 is 11.4 Å². The minimum Gasteiger partial charge on any atom is -0.750 e. The maximum atomic E-state index is 10.2. The Balaban J connectivity index is 2.21. The van der Waals surface area contributed by atoms with Gasteiger partial charge in [0.15, 0.2) is 0 Å². The minimum atomic E-state index is -2.33. The fraction of sp³-hybridized carbons (Fsp3) is 1.00. The van der Waals surface area contributed by atoms with E-state index in [1.165, 1.54) is 6.42 Å². The van der Waals surface area contributed by atoms with E-state index in [4.69, 9.17) is 4.18 Å². The normalized spacial score (nSPS) is 33.2. The van der Waals surface area contributed by atoms with Crippen molar-refractivity contribution in [2.24, 2.45) is 5.92 Å². The molecule has 0 radical (unpaired) electrons. The van der Waals surface area contributed by atoms with E-state index in [1.807, 2.05) is 0 Å². The number of hydrogen-bond acceptors (Lipinski definition) is 3. The average Bonchev–Trinajstić information content (AvgIpc) is 2.05. The monoisotopic (exact) mass is 191 g/mol. The molecule has 0 aliphatic heterocycles. The van der Waals surface area contributed by atoms with Crippen LogP contribution in [0.2, 0.25) is 0 Å². The molecule has 0 aromatic carbocycles. The largest absolute Gasteiger partial charge is 0.750 e. The van der Waals surface area contributed by atoms with Crippen LogP contribution in [0.25, 0.3) is 0 Å². The second-order valence-corrected chi connectivity index (χ2v) is 3.95. The standard InChI is InChI=1S/C8H16O3S/c1-2-7-3-5-8(6-4-7)11-12(9)10/h7-8H,2-6H2,1H3,(H,9,10)/p-1. The average molecular weight is 191 g/mol. The minimum absolute atomic E-state index is 0.0499. The molecule has 0 heterocycles. The van der Waals surface area contributed by atoms with Crippen molar-refractivity contribution in [3.05, 3.63) is 0 Å². The van der Waals surface area contributed by atoms with Gasteiger partial charge >= 0.3 is 0 Å². The zero-order valence-electron chi connectivity index (χ0n) is 7.32. The first-order valence-corrected chi connectivity index (χ1v) is 5.48. The molecule has 0 amide bonds.